The Morgan fingerprint density at radius 1 is 1.79 bits per heavy atom. The number of hydrogen-bond donors (Lipinski definition) is 1. The van der Waals surface area contributed by atoms with Crippen LogP contribution in [-0.4, -0.2) is 29.9 Å². The number of piperidine rings is 1. The minimum Gasteiger partial charge on any atom is -0.368 e. The van der Waals surface area contributed by atoms with Gasteiger partial charge >= 0.3 is 0 Å². The van der Waals surface area contributed by atoms with E-state index in [0.29, 0.717) is 6.54 Å². The summed E-state index contributed by atoms with van der Waals surface area (Å²) < 4.78 is 0. The van der Waals surface area contributed by atoms with Crippen LogP contribution in [0.15, 0.2) is 0 Å². The second kappa shape index (κ2) is 4.97. The number of primary amides is 1. The SMILES string of the molecule is CCC(C(N)=O)N1CCCC(C#N)C1. The number of rotatable bonds is 3. The van der Waals surface area contributed by atoms with Gasteiger partial charge in [0.15, 0.2) is 0 Å². The minimum absolute atomic E-state index is 0.0668. The molecule has 2 unspecified atom stereocenters. The largest absolute Gasteiger partial charge is 0.368 e. The number of nitrogens with zero attached hydrogens (tertiary/aromatic N) is 2. The van der Waals surface area contributed by atoms with Crippen LogP contribution in [0.5, 0.6) is 0 Å². The molecule has 1 saturated heterocycles. The van der Waals surface area contributed by atoms with Gasteiger partial charge in [-0.2, -0.15) is 5.26 Å². The summed E-state index contributed by atoms with van der Waals surface area (Å²) in [7, 11) is 0. The number of nitrogens with two attached hydrogens (primary N) is 1. The predicted molar refractivity (Wildman–Crippen MR) is 53.2 cm³/mol. The van der Waals surface area contributed by atoms with Crippen molar-refractivity contribution < 1.29 is 4.79 Å². The highest BCUT2D eigenvalue weighted by Gasteiger charge is 2.27. The summed E-state index contributed by atoms with van der Waals surface area (Å²) in [6.07, 6.45) is 2.66. The zero-order chi connectivity index (χ0) is 10.6. The zero-order valence-electron chi connectivity index (χ0n) is 8.57. The van der Waals surface area contributed by atoms with Crippen molar-refractivity contribution in [1.82, 2.24) is 4.90 Å². The molecule has 1 aliphatic rings. The van der Waals surface area contributed by atoms with Gasteiger partial charge in [0.25, 0.3) is 0 Å². The smallest absolute Gasteiger partial charge is 0.234 e. The molecule has 78 valence electrons. The van der Waals surface area contributed by atoms with Gasteiger partial charge in [0.1, 0.15) is 0 Å². The molecule has 1 aliphatic heterocycles. The van der Waals surface area contributed by atoms with E-state index in [1.165, 1.54) is 0 Å². The number of amides is 1. The lowest BCUT2D eigenvalue weighted by Crippen LogP contribution is -2.48. The first-order valence-corrected chi connectivity index (χ1v) is 5.12. The van der Waals surface area contributed by atoms with Crippen LogP contribution >= 0.6 is 0 Å². The highest BCUT2D eigenvalue weighted by Crippen LogP contribution is 2.18. The highest BCUT2D eigenvalue weighted by atomic mass is 16.1. The van der Waals surface area contributed by atoms with Crippen molar-refractivity contribution in [2.45, 2.75) is 32.2 Å². The van der Waals surface area contributed by atoms with Crippen molar-refractivity contribution in [2.75, 3.05) is 13.1 Å². The molecule has 4 nitrogen and oxygen atoms in total. The molecule has 1 fully saturated rings. The molecule has 1 rings (SSSR count). The van der Waals surface area contributed by atoms with E-state index in [-0.39, 0.29) is 17.9 Å². The maximum absolute atomic E-state index is 11.1. The van der Waals surface area contributed by atoms with Gasteiger partial charge in [-0.1, -0.05) is 6.92 Å². The third-order valence-corrected chi connectivity index (χ3v) is 2.79. The minimum atomic E-state index is -0.272. The lowest BCUT2D eigenvalue weighted by atomic mass is 9.97. The van der Waals surface area contributed by atoms with Crippen LogP contribution in [0, 0.1) is 17.2 Å². The van der Waals surface area contributed by atoms with E-state index in [2.05, 4.69) is 6.07 Å². The standard InChI is InChI=1S/C10H17N3O/c1-2-9(10(12)14)13-5-3-4-8(6-11)7-13/h8-9H,2-5,7H2,1H3,(H2,12,14). The summed E-state index contributed by atoms with van der Waals surface area (Å²) in [6.45, 7) is 3.53. The van der Waals surface area contributed by atoms with Crippen LogP contribution in [0.3, 0.4) is 0 Å². The van der Waals surface area contributed by atoms with E-state index in [0.717, 1.165) is 25.8 Å². The van der Waals surface area contributed by atoms with Crippen LogP contribution in [0.4, 0.5) is 0 Å². The zero-order valence-corrected chi connectivity index (χ0v) is 8.57. The number of nitriles is 1. The van der Waals surface area contributed by atoms with Crippen LogP contribution in [0.2, 0.25) is 0 Å². The molecular weight excluding hydrogens is 178 g/mol. The van der Waals surface area contributed by atoms with E-state index in [9.17, 15) is 4.79 Å². The maximum Gasteiger partial charge on any atom is 0.234 e. The second-order valence-electron chi connectivity index (χ2n) is 3.79. The van der Waals surface area contributed by atoms with Crippen molar-refractivity contribution in [3.63, 3.8) is 0 Å². The Hall–Kier alpha value is -1.08. The molecule has 1 amide bonds. The van der Waals surface area contributed by atoms with Crippen molar-refractivity contribution in [1.29, 1.82) is 5.26 Å². The summed E-state index contributed by atoms with van der Waals surface area (Å²) in [5.74, 6) is -0.205. The Morgan fingerprint density at radius 2 is 2.50 bits per heavy atom. The molecule has 0 spiro atoms. The van der Waals surface area contributed by atoms with Gasteiger partial charge in [0.05, 0.1) is 18.0 Å². The van der Waals surface area contributed by atoms with Crippen molar-refractivity contribution in [3.8, 4) is 6.07 Å². The van der Waals surface area contributed by atoms with Gasteiger partial charge < -0.3 is 5.73 Å². The molecule has 0 aliphatic carbocycles. The predicted octanol–water partition coefficient (Wildman–Crippen LogP) is 0.486. The van der Waals surface area contributed by atoms with Crippen molar-refractivity contribution >= 4 is 5.91 Å². The van der Waals surface area contributed by atoms with Crippen molar-refractivity contribution in [3.05, 3.63) is 0 Å². The molecule has 0 radical (unpaired) electrons. The number of hydrogen-bond acceptors (Lipinski definition) is 3. The van der Waals surface area contributed by atoms with Gasteiger partial charge in [-0.3, -0.25) is 9.69 Å². The van der Waals surface area contributed by atoms with Crippen LogP contribution in [0.1, 0.15) is 26.2 Å². The molecule has 0 saturated carbocycles. The lowest BCUT2D eigenvalue weighted by molar-refractivity contribution is -0.123. The van der Waals surface area contributed by atoms with E-state index in [1.807, 2.05) is 11.8 Å². The van der Waals surface area contributed by atoms with E-state index >= 15 is 0 Å². The molecule has 0 bridgehead atoms. The molecule has 0 aromatic carbocycles. The Kier molecular flexibility index (Phi) is 3.90. The van der Waals surface area contributed by atoms with Crippen LogP contribution < -0.4 is 5.73 Å². The average Bonchev–Trinajstić information content (AvgIpc) is 2.19. The highest BCUT2D eigenvalue weighted by molar-refractivity contribution is 5.79. The molecule has 1 heterocycles. The number of carbonyl (C=O) groups is 1. The van der Waals surface area contributed by atoms with E-state index < -0.39 is 0 Å². The summed E-state index contributed by atoms with van der Waals surface area (Å²) >= 11 is 0. The molecule has 4 heteroatoms. The Balaban J connectivity index is 2.58. The summed E-state index contributed by atoms with van der Waals surface area (Å²) in [4.78, 5) is 13.2. The quantitative estimate of drug-likeness (QED) is 0.712. The fourth-order valence-electron chi connectivity index (χ4n) is 2.03. The molecule has 2 N–H and O–H groups in total. The summed E-state index contributed by atoms with van der Waals surface area (Å²) in [5, 5.41) is 8.81. The first-order chi connectivity index (χ1) is 6.69. The van der Waals surface area contributed by atoms with E-state index in [4.69, 9.17) is 11.0 Å². The first-order valence-electron chi connectivity index (χ1n) is 5.12. The lowest BCUT2D eigenvalue weighted by Gasteiger charge is -2.34. The molecule has 14 heavy (non-hydrogen) atoms. The molecular formula is C10H17N3O. The fraction of sp³-hybridized carbons (Fsp3) is 0.800. The van der Waals surface area contributed by atoms with Crippen molar-refractivity contribution in [2.24, 2.45) is 11.7 Å². The van der Waals surface area contributed by atoms with Gasteiger partial charge in [-0.05, 0) is 25.8 Å². The molecule has 2 atom stereocenters. The van der Waals surface area contributed by atoms with Gasteiger partial charge in [-0.15, -0.1) is 0 Å². The van der Waals surface area contributed by atoms with Gasteiger partial charge in [0, 0.05) is 6.54 Å². The second-order valence-corrected chi connectivity index (χ2v) is 3.79. The topological polar surface area (TPSA) is 70.1 Å². The van der Waals surface area contributed by atoms with Crippen LogP contribution in [0.25, 0.3) is 0 Å². The van der Waals surface area contributed by atoms with Gasteiger partial charge in [0.2, 0.25) is 5.91 Å². The Labute approximate surface area is 84.7 Å². The summed E-state index contributed by atoms with van der Waals surface area (Å²) in [5.41, 5.74) is 5.30. The normalized spacial score (nSPS) is 25.3. The summed E-state index contributed by atoms with van der Waals surface area (Å²) in [6, 6.07) is 2.07. The number of carbonyl (C=O) groups excluding carboxylic acids is 1. The maximum atomic E-state index is 11.1. The fourth-order valence-corrected chi connectivity index (χ4v) is 2.03. The number of likely N-dealkylation sites (tertiary alicyclic amines) is 1. The molecule has 0 aromatic rings. The Morgan fingerprint density at radius 3 is 3.00 bits per heavy atom. The Bertz CT molecular complexity index is 246. The molecule has 0 aromatic heterocycles. The third kappa shape index (κ3) is 2.46. The third-order valence-electron chi connectivity index (χ3n) is 2.79. The first kappa shape index (κ1) is 11.0. The van der Waals surface area contributed by atoms with E-state index in [1.54, 1.807) is 0 Å². The van der Waals surface area contributed by atoms with Crippen LogP contribution in [-0.2, 0) is 4.79 Å². The monoisotopic (exact) mass is 195 g/mol. The average molecular weight is 195 g/mol. The van der Waals surface area contributed by atoms with Gasteiger partial charge in [-0.25, -0.2) is 0 Å².